The van der Waals surface area contributed by atoms with Gasteiger partial charge < -0.3 is 4.90 Å². The zero-order chi connectivity index (χ0) is 21.3. The lowest BCUT2D eigenvalue weighted by atomic mass is 9.80. The number of Topliss-reactive ketones (excluding diaryl/α,β-unsaturated/α-hetero) is 1. The molecule has 2 aliphatic heterocycles. The third-order valence-electron chi connectivity index (χ3n) is 6.93. The molecule has 2 rings (SSSR count). The van der Waals surface area contributed by atoms with Gasteiger partial charge in [-0.05, 0) is 57.8 Å². The minimum Gasteiger partial charge on any atom is -0.329 e. The first kappa shape index (κ1) is 23.9. The summed E-state index contributed by atoms with van der Waals surface area (Å²) < 4.78 is 0. The highest BCUT2D eigenvalue weighted by Crippen LogP contribution is 2.31. The van der Waals surface area contributed by atoms with Gasteiger partial charge in [-0.1, -0.05) is 76.7 Å². The van der Waals surface area contributed by atoms with Gasteiger partial charge in [-0.2, -0.15) is 0 Å². The van der Waals surface area contributed by atoms with Crippen LogP contribution in [0.3, 0.4) is 0 Å². The number of piperidine rings is 1. The van der Waals surface area contributed by atoms with Gasteiger partial charge in [-0.25, -0.2) is 0 Å². The lowest BCUT2D eigenvalue weighted by Gasteiger charge is -2.38. The van der Waals surface area contributed by atoms with Crippen molar-refractivity contribution >= 4 is 11.7 Å². The van der Waals surface area contributed by atoms with Gasteiger partial charge in [0.05, 0.1) is 6.04 Å². The molecular formula is C26H43NO2. The quantitative estimate of drug-likeness (QED) is 0.332. The van der Waals surface area contributed by atoms with Crippen LogP contribution < -0.4 is 0 Å². The third kappa shape index (κ3) is 7.42. The van der Waals surface area contributed by atoms with Crippen molar-refractivity contribution in [2.45, 2.75) is 116 Å². The Morgan fingerprint density at radius 2 is 1.38 bits per heavy atom. The second-order valence-electron chi connectivity index (χ2n) is 9.96. The Morgan fingerprint density at radius 3 is 2.03 bits per heavy atom. The Hall–Kier alpha value is -1.38. The van der Waals surface area contributed by atoms with Crippen LogP contribution in [0.5, 0.6) is 0 Å². The predicted octanol–water partition coefficient (Wildman–Crippen LogP) is 6.77. The Balaban J connectivity index is 2.09. The molecule has 2 saturated heterocycles. The van der Waals surface area contributed by atoms with E-state index in [0.717, 1.165) is 50.5 Å². The van der Waals surface area contributed by atoms with E-state index in [0.29, 0.717) is 13.0 Å². The van der Waals surface area contributed by atoms with Gasteiger partial charge in [0.15, 0.2) is 0 Å². The fourth-order valence-corrected chi connectivity index (χ4v) is 4.70. The summed E-state index contributed by atoms with van der Waals surface area (Å²) in [6.07, 6.45) is 16.7. The number of hydrogen-bond donors (Lipinski definition) is 0. The van der Waals surface area contributed by atoms with Gasteiger partial charge >= 0.3 is 0 Å². The van der Waals surface area contributed by atoms with Crippen LogP contribution in [0.15, 0.2) is 24.3 Å². The first-order valence-electron chi connectivity index (χ1n) is 12.0. The van der Waals surface area contributed by atoms with E-state index in [2.05, 4.69) is 13.2 Å². The van der Waals surface area contributed by atoms with Crippen molar-refractivity contribution in [3.63, 3.8) is 0 Å². The molecule has 3 heteroatoms. The zero-order valence-electron chi connectivity index (χ0n) is 19.1. The maximum atomic E-state index is 13.2. The molecule has 2 heterocycles. The largest absolute Gasteiger partial charge is 0.329 e. The fourth-order valence-electron chi connectivity index (χ4n) is 4.70. The first-order valence-corrected chi connectivity index (χ1v) is 12.0. The molecule has 2 fully saturated rings. The van der Waals surface area contributed by atoms with Crippen LogP contribution in [-0.2, 0) is 9.59 Å². The Bertz CT molecular complexity index is 590. The number of allylic oxidation sites excluding steroid dienone is 1. The molecular weight excluding hydrogens is 358 g/mol. The summed E-state index contributed by atoms with van der Waals surface area (Å²) >= 11 is 0. The number of fused-ring (bicyclic) bond motifs is 1. The van der Waals surface area contributed by atoms with Gasteiger partial charge in [0.25, 0.3) is 5.91 Å². The summed E-state index contributed by atoms with van der Waals surface area (Å²) in [4.78, 5) is 28.1. The van der Waals surface area contributed by atoms with Crippen LogP contribution in [0, 0.1) is 5.41 Å². The van der Waals surface area contributed by atoms with Crippen molar-refractivity contribution in [1.29, 1.82) is 0 Å². The van der Waals surface area contributed by atoms with Gasteiger partial charge in [0.1, 0.15) is 0 Å². The molecule has 0 aromatic carbocycles. The molecule has 1 unspecified atom stereocenters. The molecule has 0 bridgehead atoms. The predicted molar refractivity (Wildman–Crippen MR) is 122 cm³/mol. The van der Waals surface area contributed by atoms with E-state index in [9.17, 15) is 9.59 Å². The van der Waals surface area contributed by atoms with E-state index < -0.39 is 5.41 Å². The molecule has 0 spiro atoms. The molecule has 0 N–H and O–H groups in total. The van der Waals surface area contributed by atoms with Crippen LogP contribution >= 0.6 is 0 Å². The summed E-state index contributed by atoms with van der Waals surface area (Å²) in [5, 5.41) is 0. The highest BCUT2D eigenvalue weighted by Gasteiger charge is 2.39. The van der Waals surface area contributed by atoms with Crippen LogP contribution in [0.2, 0.25) is 0 Å². The van der Waals surface area contributed by atoms with Crippen LogP contribution in [-0.4, -0.2) is 29.2 Å². The smallest absolute Gasteiger partial charge is 0.291 e. The maximum absolute atomic E-state index is 13.2. The van der Waals surface area contributed by atoms with Gasteiger partial charge in [0, 0.05) is 12.0 Å². The van der Waals surface area contributed by atoms with E-state index in [1.54, 1.807) is 0 Å². The first-order chi connectivity index (χ1) is 13.8. The molecule has 29 heavy (non-hydrogen) atoms. The number of carbonyl (C=O) groups excluding carboxylic acids is 2. The molecule has 164 valence electrons. The fraction of sp³-hybridized carbons (Fsp3) is 0.769. The number of amides is 1. The van der Waals surface area contributed by atoms with Crippen molar-refractivity contribution in [3.05, 3.63) is 24.3 Å². The minimum absolute atomic E-state index is 0.0491. The van der Waals surface area contributed by atoms with Crippen LogP contribution in [0.25, 0.3) is 0 Å². The summed E-state index contributed by atoms with van der Waals surface area (Å²) in [7, 11) is 0. The van der Waals surface area contributed by atoms with Gasteiger partial charge in [-0.15, -0.1) is 0 Å². The summed E-state index contributed by atoms with van der Waals surface area (Å²) in [5.74, 6) is -0.521. The van der Waals surface area contributed by atoms with E-state index in [1.807, 2.05) is 18.7 Å². The zero-order valence-corrected chi connectivity index (χ0v) is 19.1. The molecule has 3 nitrogen and oxygen atoms in total. The number of ketones is 1. The van der Waals surface area contributed by atoms with Crippen molar-refractivity contribution < 1.29 is 9.59 Å². The molecule has 0 aromatic rings. The number of rotatable bonds is 0. The van der Waals surface area contributed by atoms with Crippen LogP contribution in [0.1, 0.15) is 110 Å². The topological polar surface area (TPSA) is 37.4 Å². The lowest BCUT2D eigenvalue weighted by molar-refractivity contribution is -0.151. The van der Waals surface area contributed by atoms with Crippen molar-refractivity contribution in [2.75, 3.05) is 6.54 Å². The van der Waals surface area contributed by atoms with E-state index >= 15 is 0 Å². The average Bonchev–Trinajstić information content (AvgIpc) is 2.71. The molecule has 1 amide bonds. The normalized spacial score (nSPS) is 27.0. The summed E-state index contributed by atoms with van der Waals surface area (Å²) in [5.41, 5.74) is 1.74. The third-order valence-corrected chi connectivity index (χ3v) is 6.93. The average molecular weight is 402 g/mol. The number of hydrogen-bond acceptors (Lipinski definition) is 2. The molecule has 0 radical (unpaired) electrons. The van der Waals surface area contributed by atoms with Gasteiger partial charge in [-0.3, -0.25) is 9.59 Å². The van der Waals surface area contributed by atoms with Crippen molar-refractivity contribution in [3.8, 4) is 0 Å². The second kappa shape index (κ2) is 11.7. The minimum atomic E-state index is -0.633. The Morgan fingerprint density at radius 1 is 0.793 bits per heavy atom. The highest BCUT2D eigenvalue weighted by atomic mass is 16.2. The molecule has 0 saturated carbocycles. The van der Waals surface area contributed by atoms with Crippen molar-refractivity contribution in [1.82, 2.24) is 4.90 Å². The Kier molecular flexibility index (Phi) is 9.65. The lowest BCUT2D eigenvalue weighted by Crippen LogP contribution is -2.50. The Labute approximate surface area is 179 Å². The van der Waals surface area contributed by atoms with Crippen LogP contribution in [0.4, 0.5) is 0 Å². The second-order valence-corrected chi connectivity index (χ2v) is 9.96. The summed E-state index contributed by atoms with van der Waals surface area (Å²) in [6, 6.07) is 0.0491. The van der Waals surface area contributed by atoms with Gasteiger partial charge in [0.2, 0.25) is 5.78 Å². The summed E-state index contributed by atoms with van der Waals surface area (Å²) in [6.45, 7) is 13.1. The van der Waals surface area contributed by atoms with Crippen molar-refractivity contribution in [2.24, 2.45) is 5.41 Å². The molecule has 2 aliphatic rings. The molecule has 1 atom stereocenters. The standard InChI is InChI=1S/C26H43NO2/c1-21-15-11-9-7-5-6-8-10-12-16-22(2)23-17-13-14-20-27(23)25(29)24(28)26(3,4)19-18-21/h23H,1-2,5-20H2,3-4H3. The van der Waals surface area contributed by atoms with E-state index in [-0.39, 0.29) is 17.7 Å². The SMILES string of the molecule is C=C1CCCCCCCCCCC(=C)C2CCCCN2C(=O)C(=O)C(C)(C)CC1. The maximum Gasteiger partial charge on any atom is 0.291 e. The molecule has 0 aliphatic carbocycles. The van der Waals surface area contributed by atoms with E-state index in [4.69, 9.17) is 0 Å². The number of nitrogens with zero attached hydrogens (tertiary/aromatic N) is 1. The highest BCUT2D eigenvalue weighted by molar-refractivity contribution is 6.38. The molecule has 0 aromatic heterocycles. The monoisotopic (exact) mass is 401 g/mol. The van der Waals surface area contributed by atoms with E-state index in [1.165, 1.54) is 50.5 Å². The number of carbonyl (C=O) groups is 2.